The minimum Gasteiger partial charge on any atom is -0.481 e. The lowest BCUT2D eigenvalue weighted by Crippen LogP contribution is -2.43. The van der Waals surface area contributed by atoms with E-state index in [1.54, 1.807) is 6.07 Å². The smallest absolute Gasteiger partial charge is 0.258 e. The summed E-state index contributed by atoms with van der Waals surface area (Å²) in [6.07, 6.45) is 2.20. The van der Waals surface area contributed by atoms with Gasteiger partial charge in [-0.25, -0.2) is 4.39 Å². The fraction of sp³-hybridized carbons (Fsp3) is 0.462. The number of amides is 1. The number of halogens is 3. The predicted octanol–water partition coefficient (Wildman–Crippen LogP) is 2.24. The van der Waals surface area contributed by atoms with Gasteiger partial charge < -0.3 is 15.8 Å². The quantitative estimate of drug-likeness (QED) is 0.810. The first-order valence-corrected chi connectivity index (χ1v) is 6.96. The van der Waals surface area contributed by atoms with Gasteiger partial charge in [0.15, 0.2) is 18.2 Å². The van der Waals surface area contributed by atoms with Gasteiger partial charge in [0.25, 0.3) is 5.91 Å². The Hall–Kier alpha value is -0.850. The van der Waals surface area contributed by atoms with E-state index in [-0.39, 0.29) is 36.7 Å². The number of ether oxygens (including phenoxy) is 1. The standard InChI is InChI=1S/C13H16BrFN2O2.ClH/c14-9-3-4-12(10(15)5-9)19-7-13(18)17-11(6-16)8-1-2-8;/h3-5,8,11H,1-2,6-7,16H2,(H,17,18);1H. The molecule has 1 aliphatic rings. The highest BCUT2D eigenvalue weighted by Gasteiger charge is 2.31. The van der Waals surface area contributed by atoms with Gasteiger partial charge in [-0.15, -0.1) is 12.4 Å². The largest absolute Gasteiger partial charge is 0.481 e. The van der Waals surface area contributed by atoms with Crippen molar-refractivity contribution in [2.45, 2.75) is 18.9 Å². The minimum atomic E-state index is -0.500. The van der Waals surface area contributed by atoms with E-state index in [1.165, 1.54) is 12.1 Å². The van der Waals surface area contributed by atoms with Crippen LogP contribution in [0.15, 0.2) is 22.7 Å². The fourth-order valence-electron chi connectivity index (χ4n) is 1.85. The molecule has 20 heavy (non-hydrogen) atoms. The molecule has 0 aromatic heterocycles. The molecule has 0 heterocycles. The van der Waals surface area contributed by atoms with E-state index < -0.39 is 5.82 Å². The summed E-state index contributed by atoms with van der Waals surface area (Å²) in [5, 5.41) is 2.81. The first-order valence-electron chi connectivity index (χ1n) is 6.17. The molecule has 0 bridgehead atoms. The molecule has 2 rings (SSSR count). The van der Waals surface area contributed by atoms with Crippen molar-refractivity contribution < 1.29 is 13.9 Å². The van der Waals surface area contributed by atoms with Crippen LogP contribution in [0.2, 0.25) is 0 Å². The molecule has 0 spiro atoms. The molecule has 112 valence electrons. The van der Waals surface area contributed by atoms with E-state index in [1.807, 2.05) is 0 Å². The summed E-state index contributed by atoms with van der Waals surface area (Å²) in [6, 6.07) is 4.43. The van der Waals surface area contributed by atoms with Crippen LogP contribution in [-0.4, -0.2) is 25.1 Å². The van der Waals surface area contributed by atoms with Crippen LogP contribution in [0.25, 0.3) is 0 Å². The third-order valence-electron chi connectivity index (χ3n) is 3.04. The van der Waals surface area contributed by atoms with Crippen LogP contribution >= 0.6 is 28.3 Å². The second-order valence-electron chi connectivity index (χ2n) is 4.61. The Balaban J connectivity index is 0.00000200. The Morgan fingerprint density at radius 2 is 2.25 bits per heavy atom. The number of hydrogen-bond acceptors (Lipinski definition) is 3. The molecule has 1 atom stereocenters. The molecule has 1 amide bonds. The lowest BCUT2D eigenvalue weighted by molar-refractivity contribution is -0.123. The van der Waals surface area contributed by atoms with Crippen molar-refractivity contribution in [2.24, 2.45) is 11.7 Å². The third-order valence-corrected chi connectivity index (χ3v) is 3.54. The van der Waals surface area contributed by atoms with Crippen molar-refractivity contribution >= 4 is 34.2 Å². The lowest BCUT2D eigenvalue weighted by Gasteiger charge is -2.16. The summed E-state index contributed by atoms with van der Waals surface area (Å²) in [5.74, 6) is -0.225. The monoisotopic (exact) mass is 366 g/mol. The maximum atomic E-state index is 13.5. The van der Waals surface area contributed by atoms with Gasteiger partial charge in [0.2, 0.25) is 0 Å². The molecule has 0 aliphatic heterocycles. The maximum Gasteiger partial charge on any atom is 0.258 e. The number of carbonyl (C=O) groups excluding carboxylic acids is 1. The van der Waals surface area contributed by atoms with Crippen molar-refractivity contribution in [1.29, 1.82) is 0 Å². The maximum absolute atomic E-state index is 13.5. The normalized spacial score (nSPS) is 15.2. The molecule has 3 N–H and O–H groups in total. The Bertz CT molecular complexity index is 472. The van der Waals surface area contributed by atoms with Gasteiger partial charge in [0, 0.05) is 17.1 Å². The molecule has 7 heteroatoms. The molecule has 1 fully saturated rings. The second kappa shape index (κ2) is 7.81. The van der Waals surface area contributed by atoms with Crippen LogP contribution in [-0.2, 0) is 4.79 Å². The molecule has 0 saturated heterocycles. The van der Waals surface area contributed by atoms with Crippen LogP contribution < -0.4 is 15.8 Å². The number of nitrogens with two attached hydrogens (primary N) is 1. The predicted molar refractivity (Wildman–Crippen MR) is 80.6 cm³/mol. The zero-order valence-electron chi connectivity index (χ0n) is 10.8. The van der Waals surface area contributed by atoms with Crippen LogP contribution in [0.3, 0.4) is 0 Å². The summed E-state index contributed by atoms with van der Waals surface area (Å²) in [5.41, 5.74) is 5.59. The second-order valence-corrected chi connectivity index (χ2v) is 5.53. The Kier molecular flexibility index (Phi) is 6.71. The van der Waals surface area contributed by atoms with Gasteiger partial charge >= 0.3 is 0 Å². The van der Waals surface area contributed by atoms with E-state index in [4.69, 9.17) is 10.5 Å². The molecule has 1 aromatic carbocycles. The van der Waals surface area contributed by atoms with Crippen molar-refractivity contribution in [3.8, 4) is 5.75 Å². The highest BCUT2D eigenvalue weighted by Crippen LogP contribution is 2.32. The Morgan fingerprint density at radius 3 is 2.80 bits per heavy atom. The summed E-state index contributed by atoms with van der Waals surface area (Å²) >= 11 is 3.15. The van der Waals surface area contributed by atoms with E-state index in [9.17, 15) is 9.18 Å². The minimum absolute atomic E-state index is 0. The summed E-state index contributed by atoms with van der Waals surface area (Å²) in [6.45, 7) is 0.213. The number of nitrogens with one attached hydrogen (secondary N) is 1. The van der Waals surface area contributed by atoms with Gasteiger partial charge in [0.1, 0.15) is 0 Å². The molecule has 1 aliphatic carbocycles. The van der Waals surface area contributed by atoms with Crippen LogP contribution in [0.5, 0.6) is 5.75 Å². The average molecular weight is 368 g/mol. The van der Waals surface area contributed by atoms with Crippen molar-refractivity contribution in [3.63, 3.8) is 0 Å². The highest BCUT2D eigenvalue weighted by molar-refractivity contribution is 9.10. The fourth-order valence-corrected chi connectivity index (χ4v) is 2.18. The average Bonchev–Trinajstić information content (AvgIpc) is 3.19. The van der Waals surface area contributed by atoms with Crippen LogP contribution in [0.1, 0.15) is 12.8 Å². The van der Waals surface area contributed by atoms with E-state index in [0.29, 0.717) is 16.9 Å². The number of carbonyl (C=O) groups is 1. The third kappa shape index (κ3) is 4.92. The number of rotatable bonds is 6. The van der Waals surface area contributed by atoms with Crippen molar-refractivity contribution in [2.75, 3.05) is 13.2 Å². The van der Waals surface area contributed by atoms with Crippen molar-refractivity contribution in [1.82, 2.24) is 5.32 Å². The first kappa shape index (κ1) is 17.2. The van der Waals surface area contributed by atoms with Gasteiger partial charge in [-0.05, 0) is 37.0 Å². The number of hydrogen-bond donors (Lipinski definition) is 2. The molecule has 1 aromatic rings. The topological polar surface area (TPSA) is 64.3 Å². The van der Waals surface area contributed by atoms with Gasteiger partial charge in [-0.3, -0.25) is 4.79 Å². The molecule has 0 radical (unpaired) electrons. The Labute approximate surface area is 131 Å². The summed E-state index contributed by atoms with van der Waals surface area (Å²) in [4.78, 5) is 11.7. The molecule has 1 saturated carbocycles. The summed E-state index contributed by atoms with van der Waals surface area (Å²) in [7, 11) is 0. The zero-order chi connectivity index (χ0) is 13.8. The molecular weight excluding hydrogens is 351 g/mol. The van der Waals surface area contributed by atoms with Crippen molar-refractivity contribution in [3.05, 3.63) is 28.5 Å². The SMILES string of the molecule is Cl.NCC(NC(=O)COc1ccc(Br)cc1F)C1CC1. The zero-order valence-corrected chi connectivity index (χ0v) is 13.2. The van der Waals surface area contributed by atoms with Gasteiger partial charge in [0.05, 0.1) is 0 Å². The van der Waals surface area contributed by atoms with Gasteiger partial charge in [-0.2, -0.15) is 0 Å². The highest BCUT2D eigenvalue weighted by atomic mass is 79.9. The number of benzene rings is 1. The van der Waals surface area contributed by atoms with E-state index in [2.05, 4.69) is 21.2 Å². The molecule has 4 nitrogen and oxygen atoms in total. The molecule has 1 unspecified atom stereocenters. The summed E-state index contributed by atoms with van der Waals surface area (Å²) < 4.78 is 19.2. The molecular formula is C13H17BrClFN2O2. The Morgan fingerprint density at radius 1 is 1.55 bits per heavy atom. The lowest BCUT2D eigenvalue weighted by atomic mass is 10.2. The van der Waals surface area contributed by atoms with E-state index in [0.717, 1.165) is 12.8 Å². The van der Waals surface area contributed by atoms with E-state index >= 15 is 0 Å². The van der Waals surface area contributed by atoms with Gasteiger partial charge in [-0.1, -0.05) is 15.9 Å². The van der Waals surface area contributed by atoms with Crippen LogP contribution in [0, 0.1) is 11.7 Å². The first-order chi connectivity index (χ1) is 9.10. The van der Waals surface area contributed by atoms with Crippen LogP contribution in [0.4, 0.5) is 4.39 Å².